The molecule has 0 spiro atoms. The van der Waals surface area contributed by atoms with Crippen LogP contribution in [0.3, 0.4) is 0 Å². The van der Waals surface area contributed by atoms with Crippen LogP contribution in [0.15, 0.2) is 12.1 Å². The Hall–Kier alpha value is -1.35. The predicted molar refractivity (Wildman–Crippen MR) is 65.5 cm³/mol. The molecule has 0 radical (unpaired) electrons. The van der Waals surface area contributed by atoms with E-state index in [1.165, 1.54) is 29.5 Å². The average Bonchev–Trinajstić information content (AvgIpc) is 2.82. The molecule has 0 amide bonds. The average molecular weight is 215 g/mol. The first-order chi connectivity index (χ1) is 7.74. The molecule has 1 aliphatic rings. The highest BCUT2D eigenvalue weighted by Gasteiger charge is 2.19. The summed E-state index contributed by atoms with van der Waals surface area (Å²) < 4.78 is 0. The van der Waals surface area contributed by atoms with Crippen LogP contribution in [0.2, 0.25) is 0 Å². The molecule has 1 saturated heterocycles. The number of benzene rings is 1. The lowest BCUT2D eigenvalue weighted by atomic mass is 10.1. The van der Waals surface area contributed by atoms with E-state index in [1.807, 2.05) is 0 Å². The van der Waals surface area contributed by atoms with Gasteiger partial charge in [0, 0.05) is 0 Å². The van der Waals surface area contributed by atoms with E-state index < -0.39 is 0 Å². The van der Waals surface area contributed by atoms with Crippen molar-refractivity contribution in [1.29, 1.82) is 0 Å². The molecule has 3 nitrogen and oxygen atoms in total. The first-order valence-corrected chi connectivity index (χ1v) is 5.94. The van der Waals surface area contributed by atoms with Gasteiger partial charge in [-0.2, -0.15) is 0 Å². The van der Waals surface area contributed by atoms with E-state index in [1.54, 1.807) is 0 Å². The zero-order valence-electron chi connectivity index (χ0n) is 9.80. The Morgan fingerprint density at radius 1 is 1.31 bits per heavy atom. The second-order valence-electron chi connectivity index (χ2n) is 4.75. The second-order valence-corrected chi connectivity index (χ2v) is 4.75. The van der Waals surface area contributed by atoms with Gasteiger partial charge in [-0.05, 0) is 50.4 Å². The van der Waals surface area contributed by atoms with Crippen LogP contribution >= 0.6 is 0 Å². The number of rotatable bonds is 1. The van der Waals surface area contributed by atoms with Crippen molar-refractivity contribution in [1.82, 2.24) is 15.3 Å². The molecule has 0 aliphatic carbocycles. The van der Waals surface area contributed by atoms with Crippen molar-refractivity contribution in [2.45, 2.75) is 32.7 Å². The molecule has 3 heteroatoms. The number of aromatic nitrogens is 2. The molecule has 0 bridgehead atoms. The number of aromatic amines is 1. The minimum Gasteiger partial charge on any atom is -0.341 e. The van der Waals surface area contributed by atoms with Gasteiger partial charge in [0.2, 0.25) is 0 Å². The molecule has 2 aromatic rings. The first-order valence-electron chi connectivity index (χ1n) is 5.94. The van der Waals surface area contributed by atoms with Gasteiger partial charge in [-0.3, -0.25) is 0 Å². The Labute approximate surface area is 95.3 Å². The third-order valence-electron chi connectivity index (χ3n) is 3.33. The largest absolute Gasteiger partial charge is 0.341 e. The summed E-state index contributed by atoms with van der Waals surface area (Å²) in [6.07, 6.45) is 2.44. The number of nitrogens with one attached hydrogen (secondary N) is 2. The van der Waals surface area contributed by atoms with Crippen molar-refractivity contribution < 1.29 is 0 Å². The Morgan fingerprint density at radius 2 is 2.19 bits per heavy atom. The number of imidazole rings is 1. The third-order valence-corrected chi connectivity index (χ3v) is 3.33. The molecule has 1 aliphatic heterocycles. The molecule has 84 valence electrons. The van der Waals surface area contributed by atoms with Crippen molar-refractivity contribution in [3.8, 4) is 0 Å². The Morgan fingerprint density at radius 3 is 2.94 bits per heavy atom. The van der Waals surface area contributed by atoms with Gasteiger partial charge in [-0.25, -0.2) is 4.98 Å². The molecule has 16 heavy (non-hydrogen) atoms. The van der Waals surface area contributed by atoms with Gasteiger partial charge in [-0.15, -0.1) is 0 Å². The van der Waals surface area contributed by atoms with Crippen LogP contribution in [-0.2, 0) is 0 Å². The summed E-state index contributed by atoms with van der Waals surface area (Å²) in [6, 6.07) is 4.79. The van der Waals surface area contributed by atoms with Crippen molar-refractivity contribution >= 4 is 11.0 Å². The zero-order valence-corrected chi connectivity index (χ0v) is 9.80. The topological polar surface area (TPSA) is 40.7 Å². The fourth-order valence-electron chi connectivity index (χ4n) is 2.57. The van der Waals surface area contributed by atoms with Crippen LogP contribution in [0.5, 0.6) is 0 Å². The maximum atomic E-state index is 4.72. The van der Waals surface area contributed by atoms with E-state index >= 15 is 0 Å². The van der Waals surface area contributed by atoms with Crippen molar-refractivity contribution in [2.75, 3.05) is 6.54 Å². The summed E-state index contributed by atoms with van der Waals surface area (Å²) in [6.45, 7) is 5.36. The molecule has 1 atom stereocenters. The highest BCUT2D eigenvalue weighted by molar-refractivity contribution is 5.79. The lowest BCUT2D eigenvalue weighted by Gasteiger charge is -2.04. The summed E-state index contributed by atoms with van der Waals surface area (Å²) in [5, 5.41) is 3.47. The van der Waals surface area contributed by atoms with E-state index in [2.05, 4.69) is 36.3 Å². The van der Waals surface area contributed by atoms with Crippen molar-refractivity contribution in [3.63, 3.8) is 0 Å². The third kappa shape index (κ3) is 1.52. The Bertz CT molecular complexity index is 521. The highest BCUT2D eigenvalue weighted by atomic mass is 15.0. The smallest absolute Gasteiger partial charge is 0.124 e. The van der Waals surface area contributed by atoms with E-state index in [0.717, 1.165) is 17.9 Å². The van der Waals surface area contributed by atoms with Gasteiger partial charge >= 0.3 is 0 Å². The van der Waals surface area contributed by atoms with Crippen LogP contribution in [0.25, 0.3) is 11.0 Å². The number of H-pyrrole nitrogens is 1. The van der Waals surface area contributed by atoms with E-state index in [-0.39, 0.29) is 0 Å². The zero-order chi connectivity index (χ0) is 11.1. The molecule has 1 unspecified atom stereocenters. The molecule has 1 aromatic carbocycles. The van der Waals surface area contributed by atoms with Gasteiger partial charge in [-0.1, -0.05) is 6.07 Å². The Kier molecular flexibility index (Phi) is 2.21. The summed E-state index contributed by atoms with van der Waals surface area (Å²) in [7, 11) is 0. The normalized spacial score (nSPS) is 20.8. The fourth-order valence-corrected chi connectivity index (χ4v) is 2.57. The molecule has 3 rings (SSSR count). The summed E-state index contributed by atoms with van der Waals surface area (Å²) in [5.74, 6) is 1.10. The fraction of sp³-hybridized carbons (Fsp3) is 0.462. The number of aryl methyl sites for hydroxylation is 2. The minimum absolute atomic E-state index is 0.423. The quantitative estimate of drug-likeness (QED) is 0.767. The molecule has 2 N–H and O–H groups in total. The van der Waals surface area contributed by atoms with Gasteiger partial charge in [0.1, 0.15) is 5.82 Å². The molecule has 0 saturated carbocycles. The Balaban J connectivity index is 2.11. The van der Waals surface area contributed by atoms with Crippen LogP contribution in [0.4, 0.5) is 0 Å². The van der Waals surface area contributed by atoms with Crippen LogP contribution < -0.4 is 5.32 Å². The van der Waals surface area contributed by atoms with Crippen molar-refractivity contribution in [2.24, 2.45) is 0 Å². The maximum absolute atomic E-state index is 4.72. The molecule has 1 fully saturated rings. The van der Waals surface area contributed by atoms with Gasteiger partial charge in [0.05, 0.1) is 17.1 Å². The number of fused-ring (bicyclic) bond motifs is 1. The minimum atomic E-state index is 0.423. The lowest BCUT2D eigenvalue weighted by Crippen LogP contribution is -2.14. The first kappa shape index (κ1) is 9.85. The summed E-state index contributed by atoms with van der Waals surface area (Å²) in [4.78, 5) is 8.16. The maximum Gasteiger partial charge on any atom is 0.124 e. The van der Waals surface area contributed by atoms with Gasteiger partial charge in [0.15, 0.2) is 0 Å². The molecular formula is C13H17N3. The second kappa shape index (κ2) is 3.59. The van der Waals surface area contributed by atoms with E-state index in [9.17, 15) is 0 Å². The summed E-state index contributed by atoms with van der Waals surface area (Å²) >= 11 is 0. The van der Waals surface area contributed by atoms with Crippen LogP contribution in [-0.4, -0.2) is 16.5 Å². The SMILES string of the molecule is Cc1cc(C)c2nc(C3CCCN3)[nH]c2c1. The predicted octanol–water partition coefficient (Wildman–Crippen LogP) is 2.60. The standard InChI is InChI=1S/C13H17N3/c1-8-6-9(2)12-11(7-8)15-13(16-12)10-4-3-5-14-10/h6-7,10,14H,3-5H2,1-2H3,(H,15,16). The van der Waals surface area contributed by atoms with Crippen molar-refractivity contribution in [3.05, 3.63) is 29.1 Å². The molecular weight excluding hydrogens is 198 g/mol. The monoisotopic (exact) mass is 215 g/mol. The lowest BCUT2D eigenvalue weighted by molar-refractivity contribution is 0.614. The molecule has 2 heterocycles. The summed E-state index contributed by atoms with van der Waals surface area (Å²) in [5.41, 5.74) is 4.84. The van der Waals surface area contributed by atoms with Crippen LogP contribution in [0.1, 0.15) is 35.8 Å². The van der Waals surface area contributed by atoms with Crippen LogP contribution in [0, 0.1) is 13.8 Å². The molecule has 1 aromatic heterocycles. The van der Waals surface area contributed by atoms with E-state index in [0.29, 0.717) is 6.04 Å². The van der Waals surface area contributed by atoms with E-state index in [4.69, 9.17) is 4.98 Å². The highest BCUT2D eigenvalue weighted by Crippen LogP contribution is 2.25. The number of nitrogens with zero attached hydrogens (tertiary/aromatic N) is 1. The number of hydrogen-bond donors (Lipinski definition) is 2. The van der Waals surface area contributed by atoms with Gasteiger partial charge < -0.3 is 10.3 Å². The number of hydrogen-bond acceptors (Lipinski definition) is 2. The van der Waals surface area contributed by atoms with Gasteiger partial charge in [0.25, 0.3) is 0 Å².